The Bertz CT molecular complexity index is 380. The SMILES string of the molecule is CCN(CC)C(=O)Nc1ccc(F)c(Cl)c1. The third-order valence-corrected chi connectivity index (χ3v) is 2.51. The van der Waals surface area contributed by atoms with E-state index in [9.17, 15) is 9.18 Å². The molecule has 5 heteroatoms. The van der Waals surface area contributed by atoms with Crippen LogP contribution in [0.2, 0.25) is 5.02 Å². The number of urea groups is 1. The molecule has 3 nitrogen and oxygen atoms in total. The quantitative estimate of drug-likeness (QED) is 0.869. The molecule has 88 valence electrons. The van der Waals surface area contributed by atoms with E-state index in [0.717, 1.165) is 0 Å². The number of carbonyl (C=O) groups is 1. The maximum absolute atomic E-state index is 12.9. The Morgan fingerprint density at radius 2 is 2.06 bits per heavy atom. The molecule has 0 fully saturated rings. The molecule has 0 atom stereocenters. The summed E-state index contributed by atoms with van der Waals surface area (Å²) in [6, 6.07) is 3.87. The molecular formula is C11H14ClFN2O. The number of nitrogens with zero attached hydrogens (tertiary/aromatic N) is 1. The van der Waals surface area contributed by atoms with Gasteiger partial charge in [0.1, 0.15) is 5.82 Å². The molecule has 2 amide bonds. The van der Waals surface area contributed by atoms with Crippen LogP contribution in [0.4, 0.5) is 14.9 Å². The zero-order valence-electron chi connectivity index (χ0n) is 9.26. The van der Waals surface area contributed by atoms with Crippen LogP contribution in [0.15, 0.2) is 18.2 Å². The van der Waals surface area contributed by atoms with E-state index in [2.05, 4.69) is 5.32 Å². The predicted octanol–water partition coefficient (Wildman–Crippen LogP) is 3.35. The minimum Gasteiger partial charge on any atom is -0.325 e. The van der Waals surface area contributed by atoms with Crippen LogP contribution >= 0.6 is 11.6 Å². The molecule has 0 aliphatic heterocycles. The van der Waals surface area contributed by atoms with E-state index in [4.69, 9.17) is 11.6 Å². The summed E-state index contributed by atoms with van der Waals surface area (Å²) in [4.78, 5) is 13.3. The highest BCUT2D eigenvalue weighted by atomic mass is 35.5. The van der Waals surface area contributed by atoms with Gasteiger partial charge in [0.05, 0.1) is 5.02 Å². The zero-order valence-corrected chi connectivity index (χ0v) is 10.0. The van der Waals surface area contributed by atoms with Crippen LogP contribution in [0, 0.1) is 5.82 Å². The van der Waals surface area contributed by atoms with Crippen LogP contribution in [0.1, 0.15) is 13.8 Å². The van der Waals surface area contributed by atoms with Crippen molar-refractivity contribution >= 4 is 23.3 Å². The molecule has 0 saturated carbocycles. The van der Waals surface area contributed by atoms with Gasteiger partial charge in [0.15, 0.2) is 0 Å². The minimum absolute atomic E-state index is 0.00246. The fourth-order valence-corrected chi connectivity index (χ4v) is 1.47. The summed E-state index contributed by atoms with van der Waals surface area (Å²) >= 11 is 5.60. The molecule has 0 aliphatic carbocycles. The number of carbonyl (C=O) groups excluding carboxylic acids is 1. The van der Waals surface area contributed by atoms with Crippen LogP contribution in [0.5, 0.6) is 0 Å². The molecule has 0 heterocycles. The highest BCUT2D eigenvalue weighted by Gasteiger charge is 2.10. The second-order valence-corrected chi connectivity index (χ2v) is 3.64. The third-order valence-electron chi connectivity index (χ3n) is 2.22. The molecule has 0 radical (unpaired) electrons. The smallest absolute Gasteiger partial charge is 0.321 e. The number of hydrogen-bond donors (Lipinski definition) is 1. The third kappa shape index (κ3) is 3.10. The van der Waals surface area contributed by atoms with Crippen LogP contribution in [0.3, 0.4) is 0 Å². The van der Waals surface area contributed by atoms with Gasteiger partial charge in [-0.3, -0.25) is 0 Å². The van der Waals surface area contributed by atoms with Gasteiger partial charge in [-0.1, -0.05) is 11.6 Å². The maximum atomic E-state index is 12.9. The molecule has 1 N–H and O–H groups in total. The predicted molar refractivity (Wildman–Crippen MR) is 63.3 cm³/mol. The van der Waals surface area contributed by atoms with Crippen molar-refractivity contribution in [1.82, 2.24) is 4.90 Å². The summed E-state index contributed by atoms with van der Waals surface area (Å²) in [5.41, 5.74) is 0.489. The molecule has 0 aromatic heterocycles. The molecule has 0 spiro atoms. The van der Waals surface area contributed by atoms with E-state index in [0.29, 0.717) is 18.8 Å². The lowest BCUT2D eigenvalue weighted by atomic mass is 10.3. The highest BCUT2D eigenvalue weighted by molar-refractivity contribution is 6.31. The summed E-state index contributed by atoms with van der Waals surface area (Å²) in [6.45, 7) is 5.02. The van der Waals surface area contributed by atoms with Crippen LogP contribution in [-0.2, 0) is 0 Å². The Morgan fingerprint density at radius 3 is 2.56 bits per heavy atom. The highest BCUT2D eigenvalue weighted by Crippen LogP contribution is 2.19. The van der Waals surface area contributed by atoms with Gasteiger partial charge in [0.25, 0.3) is 0 Å². The number of hydrogen-bond acceptors (Lipinski definition) is 1. The van der Waals surface area contributed by atoms with Crippen LogP contribution in [0.25, 0.3) is 0 Å². The molecule has 0 unspecified atom stereocenters. The number of amides is 2. The van der Waals surface area contributed by atoms with E-state index >= 15 is 0 Å². The summed E-state index contributed by atoms with van der Waals surface area (Å²) in [6.07, 6.45) is 0. The lowest BCUT2D eigenvalue weighted by Crippen LogP contribution is -2.34. The Kier molecular flexibility index (Phi) is 4.55. The first-order valence-electron chi connectivity index (χ1n) is 5.09. The number of rotatable bonds is 3. The van der Waals surface area contributed by atoms with Crippen molar-refractivity contribution in [1.29, 1.82) is 0 Å². The van der Waals surface area contributed by atoms with Gasteiger partial charge in [0.2, 0.25) is 0 Å². The van der Waals surface area contributed by atoms with Crippen molar-refractivity contribution in [3.63, 3.8) is 0 Å². The van der Waals surface area contributed by atoms with Crippen molar-refractivity contribution in [3.05, 3.63) is 29.0 Å². The van der Waals surface area contributed by atoms with Gasteiger partial charge in [-0.25, -0.2) is 9.18 Å². The Morgan fingerprint density at radius 1 is 1.44 bits per heavy atom. The standard InChI is InChI=1S/C11H14ClFN2O/c1-3-15(4-2)11(16)14-8-5-6-10(13)9(12)7-8/h5-7H,3-4H2,1-2H3,(H,14,16). The zero-order chi connectivity index (χ0) is 12.1. The summed E-state index contributed by atoms with van der Waals surface area (Å²) < 4.78 is 12.9. The maximum Gasteiger partial charge on any atom is 0.321 e. The average molecular weight is 245 g/mol. The van der Waals surface area contributed by atoms with E-state index in [1.165, 1.54) is 18.2 Å². The lowest BCUT2D eigenvalue weighted by Gasteiger charge is -2.19. The minimum atomic E-state index is -0.498. The van der Waals surface area contributed by atoms with Gasteiger partial charge in [0, 0.05) is 18.8 Å². The van der Waals surface area contributed by atoms with E-state index < -0.39 is 5.82 Å². The number of benzene rings is 1. The first-order valence-corrected chi connectivity index (χ1v) is 5.47. The van der Waals surface area contributed by atoms with Crippen molar-refractivity contribution in [2.75, 3.05) is 18.4 Å². The van der Waals surface area contributed by atoms with E-state index in [1.54, 1.807) is 4.90 Å². The second-order valence-electron chi connectivity index (χ2n) is 3.23. The Labute approximate surface area is 99.2 Å². The van der Waals surface area contributed by atoms with Crippen molar-refractivity contribution < 1.29 is 9.18 Å². The van der Waals surface area contributed by atoms with Crippen molar-refractivity contribution in [2.45, 2.75) is 13.8 Å². The van der Waals surface area contributed by atoms with Gasteiger partial charge >= 0.3 is 6.03 Å². The summed E-state index contributed by atoms with van der Waals surface area (Å²) in [7, 11) is 0. The molecule has 0 aliphatic rings. The molecular weight excluding hydrogens is 231 g/mol. The molecule has 1 rings (SSSR count). The lowest BCUT2D eigenvalue weighted by molar-refractivity contribution is 0.217. The Hall–Kier alpha value is -1.29. The summed E-state index contributed by atoms with van der Waals surface area (Å²) in [5, 5.41) is 2.65. The molecule has 1 aromatic rings. The van der Waals surface area contributed by atoms with E-state index in [1.807, 2.05) is 13.8 Å². The molecule has 16 heavy (non-hydrogen) atoms. The number of anilines is 1. The first-order chi connectivity index (χ1) is 7.58. The number of halogens is 2. The summed E-state index contributed by atoms with van der Waals surface area (Å²) in [5.74, 6) is -0.498. The topological polar surface area (TPSA) is 32.3 Å². The van der Waals surface area contributed by atoms with Gasteiger partial charge in [-0.05, 0) is 32.0 Å². The van der Waals surface area contributed by atoms with Crippen LogP contribution < -0.4 is 5.32 Å². The second kappa shape index (κ2) is 5.70. The molecule has 1 aromatic carbocycles. The Balaban J connectivity index is 2.73. The van der Waals surface area contributed by atoms with Gasteiger partial charge < -0.3 is 10.2 Å². The van der Waals surface area contributed by atoms with Gasteiger partial charge in [-0.2, -0.15) is 0 Å². The fourth-order valence-electron chi connectivity index (χ4n) is 1.29. The van der Waals surface area contributed by atoms with Crippen molar-refractivity contribution in [2.24, 2.45) is 0 Å². The fraction of sp³-hybridized carbons (Fsp3) is 0.364. The van der Waals surface area contributed by atoms with E-state index in [-0.39, 0.29) is 11.1 Å². The van der Waals surface area contributed by atoms with Crippen molar-refractivity contribution in [3.8, 4) is 0 Å². The number of nitrogens with one attached hydrogen (secondary N) is 1. The molecule has 0 saturated heterocycles. The van der Waals surface area contributed by atoms with Gasteiger partial charge in [-0.15, -0.1) is 0 Å². The monoisotopic (exact) mass is 244 g/mol. The van der Waals surface area contributed by atoms with Crippen LogP contribution in [-0.4, -0.2) is 24.0 Å². The average Bonchev–Trinajstić information content (AvgIpc) is 2.25. The molecule has 0 bridgehead atoms. The normalized spacial score (nSPS) is 10.0. The first kappa shape index (κ1) is 12.8. The largest absolute Gasteiger partial charge is 0.325 e.